The Morgan fingerprint density at radius 2 is 2.40 bits per heavy atom. The fourth-order valence-electron chi connectivity index (χ4n) is 2.30. The summed E-state index contributed by atoms with van der Waals surface area (Å²) in [7, 11) is 0. The largest absolute Gasteiger partial charge is 0.458 e. The first-order valence-corrected chi connectivity index (χ1v) is 8.23. The zero-order valence-electron chi connectivity index (χ0n) is 11.1. The molecule has 1 fully saturated rings. The van der Waals surface area contributed by atoms with Crippen LogP contribution in [0.25, 0.3) is 0 Å². The van der Waals surface area contributed by atoms with Gasteiger partial charge in [-0.3, -0.25) is 0 Å². The Morgan fingerprint density at radius 3 is 3.10 bits per heavy atom. The minimum Gasteiger partial charge on any atom is -0.458 e. The van der Waals surface area contributed by atoms with E-state index in [0.29, 0.717) is 6.61 Å². The number of aryl methyl sites for hydroxylation is 1. The quantitative estimate of drug-likeness (QED) is 0.813. The Balaban J connectivity index is 1.63. The highest BCUT2D eigenvalue weighted by Crippen LogP contribution is 2.28. The fourth-order valence-corrected chi connectivity index (χ4v) is 3.70. The number of thiazole rings is 2. The van der Waals surface area contributed by atoms with E-state index in [2.05, 4.69) is 9.97 Å². The van der Waals surface area contributed by atoms with E-state index in [4.69, 9.17) is 4.74 Å². The van der Waals surface area contributed by atoms with Gasteiger partial charge in [0.1, 0.15) is 12.6 Å². The van der Waals surface area contributed by atoms with Crippen LogP contribution in [0.15, 0.2) is 17.1 Å². The van der Waals surface area contributed by atoms with Crippen molar-refractivity contribution in [3.63, 3.8) is 0 Å². The zero-order chi connectivity index (χ0) is 13.9. The van der Waals surface area contributed by atoms with Crippen LogP contribution in [-0.2, 0) is 16.1 Å². The van der Waals surface area contributed by atoms with Gasteiger partial charge in [-0.1, -0.05) is 0 Å². The molecule has 20 heavy (non-hydrogen) atoms. The molecule has 0 saturated carbocycles. The van der Waals surface area contributed by atoms with E-state index in [-0.39, 0.29) is 12.0 Å². The third-order valence-corrected chi connectivity index (χ3v) is 5.10. The van der Waals surface area contributed by atoms with Crippen LogP contribution in [0.3, 0.4) is 0 Å². The van der Waals surface area contributed by atoms with Gasteiger partial charge in [0.25, 0.3) is 0 Å². The van der Waals surface area contributed by atoms with Crippen LogP contribution in [0.2, 0.25) is 0 Å². The van der Waals surface area contributed by atoms with Gasteiger partial charge in [0.2, 0.25) is 0 Å². The number of esters is 1. The number of hydrogen-bond acceptors (Lipinski definition) is 7. The summed E-state index contributed by atoms with van der Waals surface area (Å²) in [6, 6.07) is -0.200. The van der Waals surface area contributed by atoms with Crippen molar-refractivity contribution in [3.05, 3.63) is 27.7 Å². The van der Waals surface area contributed by atoms with Gasteiger partial charge in [0, 0.05) is 18.1 Å². The van der Waals surface area contributed by atoms with Crippen LogP contribution < -0.4 is 4.90 Å². The highest BCUT2D eigenvalue weighted by Gasteiger charge is 2.33. The van der Waals surface area contributed by atoms with E-state index < -0.39 is 0 Å². The van der Waals surface area contributed by atoms with Crippen molar-refractivity contribution in [2.45, 2.75) is 32.4 Å². The molecule has 0 aromatic carbocycles. The SMILES string of the molecule is Cc1ncsc1COC(=O)[C@H]1CCCN1c1nccs1. The third-order valence-electron chi connectivity index (χ3n) is 3.38. The van der Waals surface area contributed by atoms with Gasteiger partial charge in [-0.15, -0.1) is 22.7 Å². The molecular formula is C13H15N3O2S2. The van der Waals surface area contributed by atoms with Crippen molar-refractivity contribution in [1.29, 1.82) is 0 Å². The lowest BCUT2D eigenvalue weighted by molar-refractivity contribution is -0.146. The average Bonchev–Trinajstić information content (AvgIpc) is 3.17. The van der Waals surface area contributed by atoms with E-state index >= 15 is 0 Å². The van der Waals surface area contributed by atoms with E-state index in [9.17, 15) is 4.79 Å². The number of anilines is 1. The second-order valence-corrected chi connectivity index (χ2v) is 6.45. The Bertz CT molecular complexity index is 582. The van der Waals surface area contributed by atoms with Crippen molar-refractivity contribution < 1.29 is 9.53 Å². The maximum Gasteiger partial charge on any atom is 0.329 e. The molecule has 0 spiro atoms. The average molecular weight is 309 g/mol. The van der Waals surface area contributed by atoms with E-state index in [0.717, 1.165) is 35.1 Å². The first kappa shape index (κ1) is 13.5. The van der Waals surface area contributed by atoms with Crippen LogP contribution in [0.5, 0.6) is 0 Å². The van der Waals surface area contributed by atoms with Gasteiger partial charge >= 0.3 is 5.97 Å². The minimum absolute atomic E-state index is 0.162. The Hall–Kier alpha value is -1.47. The lowest BCUT2D eigenvalue weighted by Gasteiger charge is -2.22. The number of rotatable bonds is 4. The Kier molecular flexibility index (Phi) is 3.98. The lowest BCUT2D eigenvalue weighted by Crippen LogP contribution is -2.37. The van der Waals surface area contributed by atoms with Crippen molar-refractivity contribution in [2.75, 3.05) is 11.4 Å². The lowest BCUT2D eigenvalue weighted by atomic mass is 10.2. The molecule has 0 unspecified atom stereocenters. The number of hydrogen-bond donors (Lipinski definition) is 0. The molecule has 0 aliphatic carbocycles. The van der Waals surface area contributed by atoms with E-state index in [1.54, 1.807) is 23.0 Å². The van der Waals surface area contributed by atoms with Gasteiger partial charge in [-0.05, 0) is 19.8 Å². The van der Waals surface area contributed by atoms with Crippen LogP contribution in [0.4, 0.5) is 5.13 Å². The van der Waals surface area contributed by atoms with Gasteiger partial charge in [0.05, 0.1) is 16.1 Å². The summed E-state index contributed by atoms with van der Waals surface area (Å²) in [6.45, 7) is 3.11. The number of nitrogens with zero attached hydrogens (tertiary/aromatic N) is 3. The minimum atomic E-state index is -0.200. The number of ether oxygens (including phenoxy) is 1. The van der Waals surface area contributed by atoms with Gasteiger partial charge < -0.3 is 9.64 Å². The predicted molar refractivity (Wildman–Crippen MR) is 79.1 cm³/mol. The molecule has 0 bridgehead atoms. The maximum absolute atomic E-state index is 12.3. The van der Waals surface area contributed by atoms with Gasteiger partial charge in [-0.25, -0.2) is 14.8 Å². The number of aromatic nitrogens is 2. The molecule has 1 atom stereocenters. The summed E-state index contributed by atoms with van der Waals surface area (Å²) < 4.78 is 5.45. The highest BCUT2D eigenvalue weighted by atomic mass is 32.1. The molecule has 0 amide bonds. The van der Waals surface area contributed by atoms with Crippen LogP contribution in [0.1, 0.15) is 23.4 Å². The fraction of sp³-hybridized carbons (Fsp3) is 0.462. The molecule has 106 valence electrons. The molecule has 7 heteroatoms. The number of carbonyl (C=O) groups is 1. The van der Waals surface area contributed by atoms with Gasteiger partial charge in [0.15, 0.2) is 5.13 Å². The highest BCUT2D eigenvalue weighted by molar-refractivity contribution is 7.13. The molecule has 3 rings (SSSR count). The molecule has 0 radical (unpaired) electrons. The molecule has 5 nitrogen and oxygen atoms in total. The topological polar surface area (TPSA) is 55.3 Å². The van der Waals surface area contributed by atoms with E-state index in [1.807, 2.05) is 17.2 Å². The predicted octanol–water partition coefficient (Wildman–Crippen LogP) is 2.62. The van der Waals surface area contributed by atoms with Crippen LogP contribution >= 0.6 is 22.7 Å². The molecule has 1 aliphatic rings. The second-order valence-electron chi connectivity index (χ2n) is 4.63. The van der Waals surface area contributed by atoms with Crippen molar-refractivity contribution in [3.8, 4) is 0 Å². The normalized spacial score (nSPS) is 18.4. The van der Waals surface area contributed by atoms with Gasteiger partial charge in [-0.2, -0.15) is 0 Å². The number of carbonyl (C=O) groups excluding carboxylic acids is 1. The first-order chi connectivity index (χ1) is 9.75. The zero-order valence-corrected chi connectivity index (χ0v) is 12.7. The first-order valence-electron chi connectivity index (χ1n) is 6.47. The summed E-state index contributed by atoms with van der Waals surface area (Å²) in [5, 5.41) is 2.83. The molecule has 1 aliphatic heterocycles. The molecule has 1 saturated heterocycles. The molecule has 0 N–H and O–H groups in total. The summed E-state index contributed by atoms with van der Waals surface area (Å²) in [5.41, 5.74) is 2.71. The summed E-state index contributed by atoms with van der Waals surface area (Å²) >= 11 is 3.08. The summed E-state index contributed by atoms with van der Waals surface area (Å²) in [6.07, 6.45) is 3.60. The third kappa shape index (κ3) is 2.69. The summed E-state index contributed by atoms with van der Waals surface area (Å²) in [4.78, 5) is 23.8. The van der Waals surface area contributed by atoms with Crippen molar-refractivity contribution in [1.82, 2.24) is 9.97 Å². The Labute approximate surface area is 125 Å². The van der Waals surface area contributed by atoms with Crippen molar-refractivity contribution >= 4 is 33.8 Å². The maximum atomic E-state index is 12.3. The Morgan fingerprint density at radius 1 is 1.50 bits per heavy atom. The molecule has 2 aromatic rings. The van der Waals surface area contributed by atoms with Crippen LogP contribution in [0, 0.1) is 6.92 Å². The monoisotopic (exact) mass is 309 g/mol. The van der Waals surface area contributed by atoms with Crippen molar-refractivity contribution in [2.24, 2.45) is 0 Å². The van der Waals surface area contributed by atoms with Crippen LogP contribution in [-0.4, -0.2) is 28.5 Å². The molecule has 2 aromatic heterocycles. The second kappa shape index (κ2) is 5.88. The standard InChI is InChI=1S/C13H15N3O2S2/c1-9-11(20-8-15-9)7-18-12(17)10-3-2-5-16(10)13-14-4-6-19-13/h4,6,8,10H,2-3,5,7H2,1H3/t10-/m1/s1. The smallest absolute Gasteiger partial charge is 0.329 e. The molecular weight excluding hydrogens is 294 g/mol. The summed E-state index contributed by atoms with van der Waals surface area (Å²) in [5.74, 6) is -0.162. The molecule has 3 heterocycles. The van der Waals surface area contributed by atoms with E-state index in [1.165, 1.54) is 11.3 Å².